The summed E-state index contributed by atoms with van der Waals surface area (Å²) in [5.74, 6) is 0.664. The lowest BCUT2D eigenvalue weighted by molar-refractivity contribution is 0.339. The van der Waals surface area contributed by atoms with Crippen LogP contribution >= 0.6 is 11.6 Å². The third-order valence-corrected chi connectivity index (χ3v) is 1.74. The molecule has 1 rings (SSSR count). The van der Waals surface area contributed by atoms with E-state index in [9.17, 15) is 0 Å². The van der Waals surface area contributed by atoms with Gasteiger partial charge in [0, 0.05) is 5.56 Å². The highest BCUT2D eigenvalue weighted by molar-refractivity contribution is 6.32. The maximum absolute atomic E-state index is 5.89. The third kappa shape index (κ3) is 1.80. The van der Waals surface area contributed by atoms with Crippen molar-refractivity contribution in [2.45, 2.75) is 6.92 Å². The summed E-state index contributed by atoms with van der Waals surface area (Å²) in [6.07, 6.45) is 2.76. The topological polar surface area (TPSA) is 9.23 Å². The van der Waals surface area contributed by atoms with E-state index in [2.05, 4.69) is 12.7 Å². The van der Waals surface area contributed by atoms with E-state index in [4.69, 9.17) is 16.3 Å². The van der Waals surface area contributed by atoms with Crippen molar-refractivity contribution in [3.8, 4) is 5.75 Å². The number of ether oxygens (including phenoxy) is 1. The van der Waals surface area contributed by atoms with Crippen LogP contribution in [-0.4, -0.2) is 6.61 Å². The molecule has 12 heavy (non-hydrogen) atoms. The van der Waals surface area contributed by atoms with Gasteiger partial charge in [0.2, 0.25) is 0 Å². The molecule has 0 amide bonds. The van der Waals surface area contributed by atoms with Crippen molar-refractivity contribution < 1.29 is 4.74 Å². The molecule has 0 N–H and O–H groups in total. The van der Waals surface area contributed by atoms with Crippen molar-refractivity contribution in [3.05, 3.63) is 41.4 Å². The Balaban J connectivity index is 3.10. The van der Waals surface area contributed by atoms with Gasteiger partial charge in [-0.15, -0.1) is 0 Å². The lowest BCUT2D eigenvalue weighted by Crippen LogP contribution is -1.94. The molecule has 0 aliphatic carbocycles. The molecule has 0 fully saturated rings. The molecular weight excluding hydrogens is 172 g/mol. The van der Waals surface area contributed by atoms with Gasteiger partial charge in [-0.05, 0) is 19.1 Å². The van der Waals surface area contributed by atoms with Crippen molar-refractivity contribution >= 4 is 11.6 Å². The number of para-hydroxylation sites is 1. The molecule has 0 heterocycles. The van der Waals surface area contributed by atoms with Gasteiger partial charge in [-0.2, -0.15) is 0 Å². The summed E-state index contributed by atoms with van der Waals surface area (Å²) >= 11 is 5.89. The molecule has 0 aliphatic rings. The van der Waals surface area contributed by atoms with Gasteiger partial charge in [0.1, 0.15) is 5.75 Å². The monoisotopic (exact) mass is 181 g/mol. The fraction of sp³-hybridized carbons (Fsp3) is 0.200. The van der Waals surface area contributed by atoms with Crippen molar-refractivity contribution in [1.82, 2.24) is 0 Å². The Hall–Kier alpha value is -0.950. The average Bonchev–Trinajstić information content (AvgIpc) is 2.09. The van der Waals surface area contributed by atoms with E-state index in [0.717, 1.165) is 5.56 Å². The van der Waals surface area contributed by atoms with E-state index >= 15 is 0 Å². The molecule has 0 saturated carbocycles. The highest BCUT2D eigenvalue weighted by Gasteiger charge is 2.04. The normalized spacial score (nSPS) is 9.50. The van der Waals surface area contributed by atoms with Crippen molar-refractivity contribution in [3.63, 3.8) is 0 Å². The molecule has 0 aromatic heterocycles. The van der Waals surface area contributed by atoms with Gasteiger partial charge in [-0.25, -0.2) is 0 Å². The molecule has 0 unspecified atom stereocenters. The maximum atomic E-state index is 5.89. The first kappa shape index (κ1) is 9.14. The Bertz CT molecular complexity index is 281. The number of hydrogen-bond donors (Lipinski definition) is 0. The molecule has 1 aromatic rings. The Morgan fingerprint density at radius 3 is 2.92 bits per heavy atom. The maximum Gasteiger partial charge on any atom is 0.145 e. The van der Waals surface area contributed by atoms with Crippen LogP contribution < -0.4 is 4.74 Å². The third-order valence-electron chi connectivity index (χ3n) is 1.45. The van der Waals surface area contributed by atoms with Crippen LogP contribution in [0.1, 0.15) is 12.5 Å². The molecule has 0 saturated heterocycles. The predicted octanol–water partition coefficient (Wildman–Crippen LogP) is 3.08. The largest absolute Gasteiger partial charge is 0.492 e. The molecule has 1 radical (unpaired) electrons. The Morgan fingerprint density at radius 1 is 1.58 bits per heavy atom. The zero-order valence-electron chi connectivity index (χ0n) is 6.93. The lowest BCUT2D eigenvalue weighted by Gasteiger charge is -2.07. The second kappa shape index (κ2) is 4.17. The van der Waals surface area contributed by atoms with E-state index in [1.807, 2.05) is 19.1 Å². The summed E-state index contributed by atoms with van der Waals surface area (Å²) in [5, 5.41) is 0.602. The fourth-order valence-electron chi connectivity index (χ4n) is 0.939. The second-order valence-electron chi connectivity index (χ2n) is 2.23. The van der Waals surface area contributed by atoms with E-state index < -0.39 is 0 Å². The highest BCUT2D eigenvalue weighted by atomic mass is 35.5. The smallest absolute Gasteiger partial charge is 0.145 e. The van der Waals surface area contributed by atoms with Crippen LogP contribution in [0.15, 0.2) is 24.8 Å². The van der Waals surface area contributed by atoms with Gasteiger partial charge in [-0.3, -0.25) is 0 Å². The number of rotatable bonds is 3. The van der Waals surface area contributed by atoms with Crippen LogP contribution in [0, 0.1) is 6.08 Å². The molecular formula is C10H10ClO. The standard InChI is InChI=1S/C10H10ClO/c1-3-8-6-5-7-9(11)10(8)12-4-2/h5-7H,1,4H2,2H3. The molecule has 0 atom stereocenters. The first-order valence-electron chi connectivity index (χ1n) is 3.74. The van der Waals surface area contributed by atoms with Crippen molar-refractivity contribution in [2.24, 2.45) is 0 Å². The fourth-order valence-corrected chi connectivity index (χ4v) is 1.17. The minimum atomic E-state index is 0.596. The molecule has 1 nitrogen and oxygen atoms in total. The van der Waals surface area contributed by atoms with Gasteiger partial charge in [0.25, 0.3) is 0 Å². The second-order valence-corrected chi connectivity index (χ2v) is 2.63. The van der Waals surface area contributed by atoms with E-state index in [0.29, 0.717) is 17.4 Å². The Kier molecular flexibility index (Phi) is 3.18. The number of halogens is 1. The minimum Gasteiger partial charge on any atom is -0.492 e. The first-order chi connectivity index (χ1) is 5.79. The first-order valence-corrected chi connectivity index (χ1v) is 4.11. The average molecular weight is 182 g/mol. The van der Waals surface area contributed by atoms with Crippen LogP contribution in [0.5, 0.6) is 5.75 Å². The predicted molar refractivity (Wildman–Crippen MR) is 50.6 cm³/mol. The summed E-state index contributed by atoms with van der Waals surface area (Å²) in [5.41, 5.74) is 0.810. The van der Waals surface area contributed by atoms with Gasteiger partial charge in [-0.1, -0.05) is 30.3 Å². The van der Waals surface area contributed by atoms with Crippen molar-refractivity contribution in [1.29, 1.82) is 0 Å². The van der Waals surface area contributed by atoms with Crippen LogP contribution in [-0.2, 0) is 0 Å². The quantitative estimate of drug-likeness (QED) is 0.697. The van der Waals surface area contributed by atoms with Gasteiger partial charge >= 0.3 is 0 Å². The van der Waals surface area contributed by atoms with Gasteiger partial charge in [0.15, 0.2) is 0 Å². The van der Waals surface area contributed by atoms with E-state index in [1.165, 1.54) is 0 Å². The zero-order chi connectivity index (χ0) is 8.97. The summed E-state index contributed by atoms with van der Waals surface area (Å²) in [6.45, 7) is 6.06. The van der Waals surface area contributed by atoms with Crippen molar-refractivity contribution in [2.75, 3.05) is 6.61 Å². The van der Waals surface area contributed by atoms with Gasteiger partial charge < -0.3 is 4.74 Å². The summed E-state index contributed by atoms with van der Waals surface area (Å²) in [6, 6.07) is 5.50. The Labute approximate surface area is 77.6 Å². The number of hydrogen-bond acceptors (Lipinski definition) is 1. The summed E-state index contributed by atoms with van der Waals surface area (Å²) in [4.78, 5) is 0. The number of benzene rings is 1. The zero-order valence-corrected chi connectivity index (χ0v) is 7.69. The van der Waals surface area contributed by atoms with Crippen LogP contribution in [0.2, 0.25) is 5.02 Å². The summed E-state index contributed by atoms with van der Waals surface area (Å²) < 4.78 is 5.32. The lowest BCUT2D eigenvalue weighted by atomic mass is 10.2. The molecule has 0 spiro atoms. The Morgan fingerprint density at radius 2 is 2.33 bits per heavy atom. The van der Waals surface area contributed by atoms with Crippen LogP contribution in [0.25, 0.3) is 0 Å². The molecule has 63 valence electrons. The highest BCUT2D eigenvalue weighted by Crippen LogP contribution is 2.28. The molecule has 0 aliphatic heterocycles. The molecule has 1 aromatic carbocycles. The van der Waals surface area contributed by atoms with Crippen LogP contribution in [0.3, 0.4) is 0 Å². The molecule has 0 bridgehead atoms. The minimum absolute atomic E-state index is 0.596. The van der Waals surface area contributed by atoms with Gasteiger partial charge in [0.05, 0.1) is 11.6 Å². The molecule has 2 heteroatoms. The van der Waals surface area contributed by atoms with E-state index in [1.54, 1.807) is 6.07 Å². The van der Waals surface area contributed by atoms with E-state index in [-0.39, 0.29) is 0 Å². The SMILES string of the molecule is C=[C]c1cccc(Cl)c1OCC. The van der Waals surface area contributed by atoms with Crippen LogP contribution in [0.4, 0.5) is 0 Å². The summed E-state index contributed by atoms with van der Waals surface area (Å²) in [7, 11) is 0.